The first kappa shape index (κ1) is 21.5. The number of fused-ring (bicyclic) bond motifs is 1. The van der Waals surface area contributed by atoms with Crippen LogP contribution in [0.1, 0.15) is 56.7 Å². The Morgan fingerprint density at radius 2 is 1.79 bits per heavy atom. The fraction of sp³-hybridized carbons (Fsp3) is 0.500. The second-order valence-electron chi connectivity index (χ2n) is 9.60. The van der Waals surface area contributed by atoms with Gasteiger partial charge in [0, 0.05) is 17.0 Å². The van der Waals surface area contributed by atoms with Crippen molar-refractivity contribution in [1.82, 2.24) is 0 Å². The molecule has 0 saturated heterocycles. The minimum absolute atomic E-state index is 0.106. The normalized spacial score (nSPS) is 19.7. The van der Waals surface area contributed by atoms with Crippen LogP contribution in [-0.2, 0) is 16.3 Å². The molecule has 0 bridgehead atoms. The van der Waals surface area contributed by atoms with Crippen molar-refractivity contribution < 1.29 is 8.82 Å². The van der Waals surface area contributed by atoms with E-state index < -0.39 is 8.32 Å². The summed E-state index contributed by atoms with van der Waals surface area (Å²) in [7, 11) is -1.74. The molecule has 0 amide bonds. The quantitative estimate of drug-likeness (QED) is 0.348. The van der Waals surface area contributed by atoms with E-state index in [1.54, 1.807) is 12.1 Å². The topological polar surface area (TPSA) is 9.23 Å². The Bertz CT molecular complexity index is 825. The van der Waals surface area contributed by atoms with Gasteiger partial charge >= 0.3 is 0 Å². The van der Waals surface area contributed by atoms with E-state index in [4.69, 9.17) is 16.0 Å². The van der Waals surface area contributed by atoms with Gasteiger partial charge in [-0.15, -0.1) is 0 Å². The maximum absolute atomic E-state index is 13.6. The van der Waals surface area contributed by atoms with Crippen molar-refractivity contribution in [3.05, 3.63) is 70.0 Å². The van der Waals surface area contributed by atoms with Crippen LogP contribution in [0.15, 0.2) is 42.5 Å². The third-order valence-electron chi connectivity index (χ3n) is 6.82. The van der Waals surface area contributed by atoms with Gasteiger partial charge in [-0.3, -0.25) is 0 Å². The Morgan fingerprint density at radius 3 is 2.43 bits per heavy atom. The number of benzene rings is 2. The van der Waals surface area contributed by atoms with Gasteiger partial charge in [0.1, 0.15) is 5.82 Å². The predicted octanol–water partition coefficient (Wildman–Crippen LogP) is 7.51. The van der Waals surface area contributed by atoms with Crippen LogP contribution in [0.4, 0.5) is 4.39 Å². The molecular formula is C24H32ClFOSi. The summed E-state index contributed by atoms with van der Waals surface area (Å²) in [5, 5.41) is 0.986. The molecule has 1 atom stereocenters. The summed E-state index contributed by atoms with van der Waals surface area (Å²) in [4.78, 5) is 0. The minimum Gasteiger partial charge on any atom is -0.417 e. The molecule has 1 unspecified atom stereocenters. The van der Waals surface area contributed by atoms with Crippen LogP contribution in [0.2, 0.25) is 23.2 Å². The summed E-state index contributed by atoms with van der Waals surface area (Å²) in [6.45, 7) is 12.2. The van der Waals surface area contributed by atoms with Crippen LogP contribution in [-0.4, -0.2) is 14.9 Å². The third kappa shape index (κ3) is 4.22. The molecule has 1 aliphatic carbocycles. The number of aryl methyl sites for hydroxylation is 1. The van der Waals surface area contributed by atoms with Crippen molar-refractivity contribution in [1.29, 1.82) is 0 Å². The first-order valence-corrected chi connectivity index (χ1v) is 13.5. The highest BCUT2D eigenvalue weighted by Gasteiger charge is 2.41. The van der Waals surface area contributed by atoms with Crippen LogP contribution < -0.4 is 0 Å². The van der Waals surface area contributed by atoms with Crippen molar-refractivity contribution in [3.8, 4) is 0 Å². The van der Waals surface area contributed by atoms with Gasteiger partial charge in [-0.1, -0.05) is 50.6 Å². The molecule has 0 fully saturated rings. The minimum atomic E-state index is -1.74. The predicted molar refractivity (Wildman–Crippen MR) is 119 cm³/mol. The molecule has 3 rings (SSSR count). The number of rotatable bonds is 6. The molecule has 1 nitrogen and oxygen atoms in total. The van der Waals surface area contributed by atoms with E-state index in [1.807, 2.05) is 18.2 Å². The molecule has 152 valence electrons. The Kier molecular flexibility index (Phi) is 6.10. The fourth-order valence-corrected chi connectivity index (χ4v) is 5.35. The van der Waals surface area contributed by atoms with Crippen LogP contribution in [0.25, 0.3) is 0 Å². The highest BCUT2D eigenvalue weighted by atomic mass is 35.5. The number of hydrogen-bond donors (Lipinski definition) is 0. The van der Waals surface area contributed by atoms with Crippen molar-refractivity contribution >= 4 is 19.9 Å². The van der Waals surface area contributed by atoms with Crippen molar-refractivity contribution in [2.45, 2.75) is 70.0 Å². The van der Waals surface area contributed by atoms with E-state index in [-0.39, 0.29) is 16.3 Å². The van der Waals surface area contributed by atoms with Gasteiger partial charge < -0.3 is 4.43 Å². The summed E-state index contributed by atoms with van der Waals surface area (Å²) in [5.74, 6) is -0.190. The smallest absolute Gasteiger partial charge is 0.191 e. The molecule has 0 aliphatic heterocycles. The molecule has 2 aromatic carbocycles. The van der Waals surface area contributed by atoms with Gasteiger partial charge in [0.2, 0.25) is 0 Å². The highest BCUT2D eigenvalue weighted by Crippen LogP contribution is 2.48. The molecule has 0 radical (unpaired) electrons. The molecule has 4 heteroatoms. The van der Waals surface area contributed by atoms with E-state index >= 15 is 0 Å². The first-order chi connectivity index (χ1) is 13.1. The van der Waals surface area contributed by atoms with Crippen molar-refractivity contribution in [3.63, 3.8) is 0 Å². The van der Waals surface area contributed by atoms with Crippen LogP contribution in [0, 0.1) is 5.82 Å². The highest BCUT2D eigenvalue weighted by molar-refractivity contribution is 6.74. The first-order valence-electron chi connectivity index (χ1n) is 10.2. The standard InChI is InChI=1S/C24H32ClFOSi/c1-23(2,3)28(4,5)27-16-6-14-24(19-8-11-21(26)12-9-19)15-13-18-7-10-20(25)17-22(18)24/h7-12,17H,6,13-16H2,1-5H3. The summed E-state index contributed by atoms with van der Waals surface area (Å²) in [6, 6.07) is 13.3. The monoisotopic (exact) mass is 418 g/mol. The van der Waals surface area contributed by atoms with E-state index in [0.29, 0.717) is 0 Å². The molecule has 0 saturated carbocycles. The third-order valence-corrected chi connectivity index (χ3v) is 11.6. The molecule has 28 heavy (non-hydrogen) atoms. The Balaban J connectivity index is 1.84. The molecule has 0 aromatic heterocycles. The van der Waals surface area contributed by atoms with Crippen molar-refractivity contribution in [2.75, 3.05) is 6.61 Å². The van der Waals surface area contributed by atoms with Gasteiger partial charge in [-0.05, 0) is 84.8 Å². The lowest BCUT2D eigenvalue weighted by Gasteiger charge is -2.37. The molecule has 2 aromatic rings. The van der Waals surface area contributed by atoms with Crippen molar-refractivity contribution in [2.24, 2.45) is 0 Å². The van der Waals surface area contributed by atoms with Gasteiger partial charge in [0.15, 0.2) is 8.32 Å². The zero-order valence-electron chi connectivity index (χ0n) is 17.7. The van der Waals surface area contributed by atoms with E-state index in [1.165, 1.54) is 16.7 Å². The summed E-state index contributed by atoms with van der Waals surface area (Å²) in [5.41, 5.74) is 3.74. The van der Waals surface area contributed by atoms with Crippen LogP contribution in [0.5, 0.6) is 0 Å². The average Bonchev–Trinajstić information content (AvgIpc) is 2.97. The lowest BCUT2D eigenvalue weighted by molar-refractivity contribution is 0.265. The lowest BCUT2D eigenvalue weighted by Crippen LogP contribution is -2.41. The number of halogens is 2. The second-order valence-corrected chi connectivity index (χ2v) is 14.8. The SMILES string of the molecule is CC(C)(C)[Si](C)(C)OCCCC1(c2ccc(F)cc2)CCc2ccc(Cl)cc21. The van der Waals surface area contributed by atoms with E-state index in [0.717, 1.165) is 37.3 Å². The van der Waals surface area contributed by atoms with Gasteiger partial charge in [0.05, 0.1) is 0 Å². The zero-order valence-corrected chi connectivity index (χ0v) is 19.5. The molecule has 1 aliphatic rings. The van der Waals surface area contributed by atoms with Crippen LogP contribution in [0.3, 0.4) is 0 Å². The Hall–Kier alpha value is -1.16. The molecule has 0 spiro atoms. The summed E-state index contributed by atoms with van der Waals surface area (Å²) >= 11 is 6.36. The van der Waals surface area contributed by atoms with E-state index in [2.05, 4.69) is 46.0 Å². The van der Waals surface area contributed by atoms with Gasteiger partial charge in [-0.2, -0.15) is 0 Å². The average molecular weight is 419 g/mol. The summed E-state index contributed by atoms with van der Waals surface area (Å²) in [6.07, 6.45) is 4.04. The Labute approximate surface area is 175 Å². The lowest BCUT2D eigenvalue weighted by atomic mass is 9.72. The Morgan fingerprint density at radius 1 is 1.11 bits per heavy atom. The van der Waals surface area contributed by atoms with Crippen LogP contribution >= 0.6 is 11.6 Å². The van der Waals surface area contributed by atoms with Gasteiger partial charge in [0.25, 0.3) is 0 Å². The molecule has 0 N–H and O–H groups in total. The largest absolute Gasteiger partial charge is 0.417 e. The fourth-order valence-electron chi connectivity index (χ4n) is 4.09. The number of hydrogen-bond acceptors (Lipinski definition) is 1. The van der Waals surface area contributed by atoms with E-state index in [9.17, 15) is 4.39 Å². The van der Waals surface area contributed by atoms with Gasteiger partial charge in [-0.25, -0.2) is 4.39 Å². The molecule has 0 heterocycles. The molecular weight excluding hydrogens is 387 g/mol. The second kappa shape index (κ2) is 7.93. The zero-order chi connectivity index (χ0) is 20.6. The maximum atomic E-state index is 13.6. The maximum Gasteiger partial charge on any atom is 0.191 e. The summed E-state index contributed by atoms with van der Waals surface area (Å²) < 4.78 is 20.0.